The van der Waals surface area contributed by atoms with E-state index < -0.39 is 0 Å². The zero-order valence-electron chi connectivity index (χ0n) is 18.8. The second-order valence-electron chi connectivity index (χ2n) is 8.17. The maximum absolute atomic E-state index is 4.28. The van der Waals surface area contributed by atoms with E-state index in [1.54, 1.807) is 0 Å². The van der Waals surface area contributed by atoms with Crippen LogP contribution in [0, 0.1) is 5.92 Å². The highest BCUT2D eigenvalue weighted by molar-refractivity contribution is 5.17. The van der Waals surface area contributed by atoms with Crippen LogP contribution in [0.3, 0.4) is 0 Å². The molecule has 0 saturated carbocycles. The summed E-state index contributed by atoms with van der Waals surface area (Å²) in [5.41, 5.74) is 4.32. The van der Waals surface area contributed by atoms with E-state index in [2.05, 4.69) is 87.3 Å². The van der Waals surface area contributed by atoms with Crippen molar-refractivity contribution in [2.24, 2.45) is 5.92 Å². The standard InChI is InChI=1S/C26H41N3/c1-8-13-25(9-2)28-22(6)19-27-23(7)26(18-20(3)4)29-21(5)16-17-24-14-11-10-12-15-24/h9-12,14-15,20,25-29H,2,5-8,13,16-19H2,1,3-4H3. The van der Waals surface area contributed by atoms with Gasteiger partial charge in [0, 0.05) is 23.1 Å². The number of benzene rings is 1. The normalized spacial score (nSPS) is 12.7. The highest BCUT2D eigenvalue weighted by Gasteiger charge is 2.15. The third-order valence-corrected chi connectivity index (χ3v) is 4.87. The predicted molar refractivity (Wildman–Crippen MR) is 129 cm³/mol. The van der Waals surface area contributed by atoms with E-state index >= 15 is 0 Å². The van der Waals surface area contributed by atoms with Crippen LogP contribution in [-0.4, -0.2) is 18.6 Å². The Morgan fingerprint density at radius 1 is 1.03 bits per heavy atom. The van der Waals surface area contributed by atoms with Crippen LogP contribution in [-0.2, 0) is 6.42 Å². The lowest BCUT2D eigenvalue weighted by Crippen LogP contribution is -2.39. The fourth-order valence-electron chi connectivity index (χ4n) is 3.23. The molecule has 0 radical (unpaired) electrons. The summed E-state index contributed by atoms with van der Waals surface area (Å²) in [7, 11) is 0. The Morgan fingerprint density at radius 3 is 2.31 bits per heavy atom. The third-order valence-electron chi connectivity index (χ3n) is 4.87. The molecule has 0 aliphatic carbocycles. The molecule has 29 heavy (non-hydrogen) atoms. The molecule has 1 aromatic carbocycles. The third kappa shape index (κ3) is 10.6. The highest BCUT2D eigenvalue weighted by Crippen LogP contribution is 2.14. The zero-order valence-corrected chi connectivity index (χ0v) is 18.8. The highest BCUT2D eigenvalue weighted by atomic mass is 15.0. The smallest absolute Gasteiger partial charge is 0.0653 e. The summed E-state index contributed by atoms with van der Waals surface area (Å²) in [6.07, 6.45) is 7.02. The first-order chi connectivity index (χ1) is 13.8. The number of nitrogens with one attached hydrogen (secondary N) is 3. The van der Waals surface area contributed by atoms with Crippen molar-refractivity contribution in [1.82, 2.24) is 16.0 Å². The van der Waals surface area contributed by atoms with E-state index in [0.29, 0.717) is 12.5 Å². The van der Waals surface area contributed by atoms with Gasteiger partial charge in [0.25, 0.3) is 0 Å². The lowest BCUT2D eigenvalue weighted by molar-refractivity contribution is 0.464. The lowest BCUT2D eigenvalue weighted by Gasteiger charge is -2.27. The van der Waals surface area contributed by atoms with E-state index in [4.69, 9.17) is 0 Å². The van der Waals surface area contributed by atoms with Gasteiger partial charge in [-0.05, 0) is 37.2 Å². The van der Waals surface area contributed by atoms with Crippen molar-refractivity contribution >= 4 is 0 Å². The number of rotatable bonds is 16. The summed E-state index contributed by atoms with van der Waals surface area (Å²) in [5, 5.41) is 10.5. The van der Waals surface area contributed by atoms with Crippen LogP contribution in [0.15, 0.2) is 79.8 Å². The molecule has 160 valence electrons. The molecule has 3 heteroatoms. The summed E-state index contributed by atoms with van der Waals surface area (Å²) >= 11 is 0. The number of hydrogen-bond acceptors (Lipinski definition) is 3. The number of allylic oxidation sites excluding steroid dienone is 1. The molecule has 0 aromatic heterocycles. The summed E-state index contributed by atoms with van der Waals surface area (Å²) < 4.78 is 0. The molecule has 3 nitrogen and oxygen atoms in total. The van der Waals surface area contributed by atoms with Crippen molar-refractivity contribution in [3.63, 3.8) is 0 Å². The van der Waals surface area contributed by atoms with E-state index in [-0.39, 0.29) is 12.1 Å². The molecule has 2 unspecified atom stereocenters. The Hall–Kier alpha value is -2.42. The van der Waals surface area contributed by atoms with Crippen molar-refractivity contribution in [3.05, 3.63) is 85.4 Å². The van der Waals surface area contributed by atoms with Gasteiger partial charge in [-0.15, -0.1) is 6.58 Å². The topological polar surface area (TPSA) is 36.1 Å². The fourth-order valence-corrected chi connectivity index (χ4v) is 3.23. The summed E-state index contributed by atoms with van der Waals surface area (Å²) in [4.78, 5) is 0. The molecule has 2 atom stereocenters. The van der Waals surface area contributed by atoms with Gasteiger partial charge in [0.15, 0.2) is 0 Å². The van der Waals surface area contributed by atoms with Gasteiger partial charge in [0.2, 0.25) is 0 Å². The molecule has 0 fully saturated rings. The van der Waals surface area contributed by atoms with Gasteiger partial charge >= 0.3 is 0 Å². The molecule has 0 saturated heterocycles. The molecule has 0 heterocycles. The average molecular weight is 396 g/mol. The fraction of sp³-hybridized carbons (Fsp3) is 0.462. The quantitative estimate of drug-likeness (QED) is 0.314. The van der Waals surface area contributed by atoms with Gasteiger partial charge < -0.3 is 16.0 Å². The molecule has 1 aromatic rings. The van der Waals surface area contributed by atoms with Crippen LogP contribution in [0.1, 0.15) is 52.0 Å². The molecular formula is C26H41N3. The molecule has 0 bridgehead atoms. The molecule has 0 spiro atoms. The van der Waals surface area contributed by atoms with Crippen molar-refractivity contribution in [2.75, 3.05) is 6.54 Å². The minimum absolute atomic E-state index is 0.150. The van der Waals surface area contributed by atoms with Gasteiger partial charge in [0.1, 0.15) is 0 Å². The number of hydrogen-bond donors (Lipinski definition) is 3. The number of aryl methyl sites for hydroxylation is 1. The van der Waals surface area contributed by atoms with E-state index in [1.807, 2.05) is 12.1 Å². The molecule has 0 aliphatic rings. The Morgan fingerprint density at radius 2 is 1.72 bits per heavy atom. The zero-order chi connectivity index (χ0) is 21.6. The van der Waals surface area contributed by atoms with Gasteiger partial charge in [-0.3, -0.25) is 0 Å². The van der Waals surface area contributed by atoms with Crippen LogP contribution in [0.5, 0.6) is 0 Å². The molecule has 1 rings (SSSR count). The van der Waals surface area contributed by atoms with E-state index in [1.165, 1.54) is 5.56 Å². The van der Waals surface area contributed by atoms with Gasteiger partial charge in [-0.25, -0.2) is 0 Å². The van der Waals surface area contributed by atoms with E-state index in [9.17, 15) is 0 Å². The molecule has 3 N–H and O–H groups in total. The van der Waals surface area contributed by atoms with Gasteiger partial charge in [-0.1, -0.05) is 83.3 Å². The predicted octanol–water partition coefficient (Wildman–Crippen LogP) is 5.70. The van der Waals surface area contributed by atoms with Crippen LogP contribution >= 0.6 is 0 Å². The van der Waals surface area contributed by atoms with Crippen LogP contribution < -0.4 is 16.0 Å². The Balaban J connectivity index is 2.53. The summed E-state index contributed by atoms with van der Waals surface area (Å²) in [6.45, 7) is 23.9. The molecule has 0 amide bonds. The largest absolute Gasteiger partial charge is 0.382 e. The minimum atomic E-state index is 0.150. The van der Waals surface area contributed by atoms with Crippen LogP contribution in [0.2, 0.25) is 0 Å². The monoisotopic (exact) mass is 395 g/mol. The Kier molecular flexibility index (Phi) is 11.6. The maximum Gasteiger partial charge on any atom is 0.0653 e. The summed E-state index contributed by atoms with van der Waals surface area (Å²) in [5.74, 6) is 0.559. The molecule has 0 aliphatic heterocycles. The van der Waals surface area contributed by atoms with Gasteiger partial charge in [-0.2, -0.15) is 0 Å². The second-order valence-corrected chi connectivity index (χ2v) is 8.17. The first-order valence-corrected chi connectivity index (χ1v) is 10.8. The first kappa shape index (κ1) is 24.6. The minimum Gasteiger partial charge on any atom is -0.382 e. The molecular weight excluding hydrogens is 354 g/mol. The lowest BCUT2D eigenvalue weighted by atomic mass is 10.0. The van der Waals surface area contributed by atoms with Crippen LogP contribution in [0.25, 0.3) is 0 Å². The van der Waals surface area contributed by atoms with E-state index in [0.717, 1.165) is 49.2 Å². The van der Waals surface area contributed by atoms with Gasteiger partial charge in [0.05, 0.1) is 12.6 Å². The first-order valence-electron chi connectivity index (χ1n) is 10.8. The Labute approximate surface area is 179 Å². The van der Waals surface area contributed by atoms with Crippen molar-refractivity contribution in [1.29, 1.82) is 0 Å². The SMILES string of the molecule is C=CC(CCC)NC(=C)CNC(=C)C(CC(C)C)NC(=C)CCc1ccccc1. The average Bonchev–Trinajstić information content (AvgIpc) is 2.70. The van der Waals surface area contributed by atoms with Crippen molar-refractivity contribution < 1.29 is 0 Å². The Bertz CT molecular complexity index is 645. The van der Waals surface area contributed by atoms with Crippen molar-refractivity contribution in [3.8, 4) is 0 Å². The van der Waals surface area contributed by atoms with Crippen LogP contribution in [0.4, 0.5) is 0 Å². The maximum atomic E-state index is 4.28. The summed E-state index contributed by atoms with van der Waals surface area (Å²) in [6, 6.07) is 10.9. The van der Waals surface area contributed by atoms with Crippen molar-refractivity contribution in [2.45, 2.75) is 65.0 Å². The second kappa shape index (κ2) is 13.7.